The van der Waals surface area contributed by atoms with Crippen molar-refractivity contribution in [1.29, 1.82) is 0 Å². The van der Waals surface area contributed by atoms with Crippen LogP contribution in [0, 0.1) is 0 Å². The molecule has 3 nitrogen and oxygen atoms in total. The van der Waals surface area contributed by atoms with E-state index in [0.717, 1.165) is 99.9 Å². The number of hydrogen-bond donors (Lipinski definition) is 0. The molecule has 57 heavy (non-hydrogen) atoms. The fourth-order valence-corrected chi connectivity index (χ4v) is 8.29. The second-order valence-corrected chi connectivity index (χ2v) is 14.5. The molecule has 11 aromatic rings. The SMILES string of the molecule is c1ccc(-c2ccccc2N(c2ccc(-c3ccc4oc5ccccc5c4c3)cc2)c2ccc(-c3ccc4oc5c(-c6ccccc6)cccc5c4c3)cc2)cc1. The molecule has 0 aliphatic rings. The second kappa shape index (κ2) is 13.6. The third-order valence-corrected chi connectivity index (χ3v) is 11.1. The summed E-state index contributed by atoms with van der Waals surface area (Å²) in [5.74, 6) is 0. The van der Waals surface area contributed by atoms with Gasteiger partial charge in [0.25, 0.3) is 0 Å². The lowest BCUT2D eigenvalue weighted by Gasteiger charge is -2.28. The van der Waals surface area contributed by atoms with E-state index >= 15 is 0 Å². The molecule has 0 bridgehead atoms. The number of rotatable bonds is 7. The van der Waals surface area contributed by atoms with Gasteiger partial charge >= 0.3 is 0 Å². The molecule has 0 fully saturated rings. The van der Waals surface area contributed by atoms with Gasteiger partial charge in [-0.05, 0) is 94.0 Å². The first-order valence-corrected chi connectivity index (χ1v) is 19.3. The smallest absolute Gasteiger partial charge is 0.143 e. The number of benzene rings is 9. The van der Waals surface area contributed by atoms with E-state index in [4.69, 9.17) is 8.83 Å². The van der Waals surface area contributed by atoms with Crippen LogP contribution in [0.3, 0.4) is 0 Å². The van der Waals surface area contributed by atoms with E-state index in [2.05, 4.69) is 199 Å². The summed E-state index contributed by atoms with van der Waals surface area (Å²) in [6, 6.07) is 75.2. The van der Waals surface area contributed by atoms with Crippen molar-refractivity contribution in [2.75, 3.05) is 4.90 Å². The highest BCUT2D eigenvalue weighted by Gasteiger charge is 2.19. The van der Waals surface area contributed by atoms with Gasteiger partial charge in [-0.2, -0.15) is 0 Å². The number of para-hydroxylation sites is 3. The molecule has 0 saturated heterocycles. The van der Waals surface area contributed by atoms with E-state index in [9.17, 15) is 0 Å². The van der Waals surface area contributed by atoms with Gasteiger partial charge in [0.15, 0.2) is 0 Å². The molecule has 0 atom stereocenters. The molecule has 11 rings (SSSR count). The van der Waals surface area contributed by atoms with Crippen molar-refractivity contribution in [2.45, 2.75) is 0 Å². The number of anilines is 3. The van der Waals surface area contributed by atoms with Crippen LogP contribution in [0.4, 0.5) is 17.1 Å². The van der Waals surface area contributed by atoms with E-state index in [-0.39, 0.29) is 0 Å². The summed E-state index contributed by atoms with van der Waals surface area (Å²) in [6.07, 6.45) is 0. The van der Waals surface area contributed by atoms with Gasteiger partial charge in [-0.1, -0.05) is 152 Å². The van der Waals surface area contributed by atoms with Crippen LogP contribution in [-0.4, -0.2) is 0 Å². The van der Waals surface area contributed by atoms with Gasteiger partial charge in [0, 0.05) is 44.0 Å². The van der Waals surface area contributed by atoms with Crippen LogP contribution in [-0.2, 0) is 0 Å². The van der Waals surface area contributed by atoms with Crippen molar-refractivity contribution in [3.05, 3.63) is 212 Å². The van der Waals surface area contributed by atoms with Crippen molar-refractivity contribution < 1.29 is 8.83 Å². The molecule has 0 N–H and O–H groups in total. The second-order valence-electron chi connectivity index (χ2n) is 14.5. The summed E-state index contributed by atoms with van der Waals surface area (Å²) in [4.78, 5) is 2.36. The van der Waals surface area contributed by atoms with E-state index in [0.29, 0.717) is 0 Å². The first kappa shape index (κ1) is 32.8. The summed E-state index contributed by atoms with van der Waals surface area (Å²) in [6.45, 7) is 0. The number of fused-ring (bicyclic) bond motifs is 6. The number of hydrogen-bond acceptors (Lipinski definition) is 3. The Hall–Kier alpha value is -7.62. The quantitative estimate of drug-likeness (QED) is 0.164. The molecule has 2 heterocycles. The van der Waals surface area contributed by atoms with E-state index < -0.39 is 0 Å². The normalized spacial score (nSPS) is 11.5. The van der Waals surface area contributed by atoms with Crippen LogP contribution in [0.15, 0.2) is 221 Å². The lowest BCUT2D eigenvalue weighted by molar-refractivity contribution is 0.669. The van der Waals surface area contributed by atoms with Crippen molar-refractivity contribution >= 4 is 60.9 Å². The molecule has 9 aromatic carbocycles. The summed E-state index contributed by atoms with van der Waals surface area (Å²) in [5.41, 5.74) is 16.0. The number of nitrogens with zero attached hydrogens (tertiary/aromatic N) is 1. The zero-order chi connectivity index (χ0) is 37.7. The van der Waals surface area contributed by atoms with Gasteiger partial charge in [-0.15, -0.1) is 0 Å². The van der Waals surface area contributed by atoms with E-state index in [1.165, 1.54) is 5.56 Å². The van der Waals surface area contributed by atoms with Crippen LogP contribution < -0.4 is 4.90 Å². The Bertz CT molecular complexity index is 3210. The molecule has 0 spiro atoms. The summed E-state index contributed by atoms with van der Waals surface area (Å²) < 4.78 is 12.6. The standard InChI is InChI=1S/C54H35NO2/c1-3-12-38(13-4-1)44-16-7-9-20-50(44)55(42-28-22-36(23-29-42)40-26-32-52-48(34-40)46-17-8-10-21-51(46)56-52)43-30-24-37(25-31-43)41-27-33-53-49(35-41)47-19-11-18-45(54(47)57-53)39-14-5-2-6-15-39/h1-35H. The molecule has 2 aromatic heterocycles. The Morgan fingerprint density at radius 1 is 0.281 bits per heavy atom. The van der Waals surface area contributed by atoms with Crippen LogP contribution >= 0.6 is 0 Å². The lowest BCUT2D eigenvalue weighted by atomic mass is 9.99. The maximum Gasteiger partial charge on any atom is 0.143 e. The van der Waals surface area contributed by atoms with E-state index in [1.807, 2.05) is 18.2 Å². The Morgan fingerprint density at radius 2 is 0.754 bits per heavy atom. The predicted octanol–water partition coefficient (Wildman–Crippen LogP) is 15.6. The topological polar surface area (TPSA) is 29.5 Å². The number of furan rings is 2. The van der Waals surface area contributed by atoms with Crippen LogP contribution in [0.25, 0.3) is 88.4 Å². The van der Waals surface area contributed by atoms with Crippen LogP contribution in [0.5, 0.6) is 0 Å². The molecule has 0 aliphatic heterocycles. The molecular weight excluding hydrogens is 695 g/mol. The van der Waals surface area contributed by atoms with Crippen molar-refractivity contribution in [3.63, 3.8) is 0 Å². The van der Waals surface area contributed by atoms with E-state index in [1.54, 1.807) is 0 Å². The molecular formula is C54H35NO2. The van der Waals surface area contributed by atoms with Gasteiger partial charge in [-0.3, -0.25) is 0 Å². The monoisotopic (exact) mass is 729 g/mol. The van der Waals surface area contributed by atoms with Crippen molar-refractivity contribution in [2.24, 2.45) is 0 Å². The van der Waals surface area contributed by atoms with Gasteiger partial charge < -0.3 is 13.7 Å². The highest BCUT2D eigenvalue weighted by atomic mass is 16.3. The Kier molecular flexibility index (Phi) is 7.82. The minimum Gasteiger partial charge on any atom is -0.456 e. The third-order valence-electron chi connectivity index (χ3n) is 11.1. The molecule has 0 radical (unpaired) electrons. The largest absolute Gasteiger partial charge is 0.456 e. The van der Waals surface area contributed by atoms with Gasteiger partial charge in [0.1, 0.15) is 22.3 Å². The predicted molar refractivity (Wildman–Crippen MR) is 237 cm³/mol. The first-order valence-electron chi connectivity index (χ1n) is 19.3. The summed E-state index contributed by atoms with van der Waals surface area (Å²) in [7, 11) is 0. The lowest BCUT2D eigenvalue weighted by Crippen LogP contribution is -2.11. The fraction of sp³-hybridized carbons (Fsp3) is 0. The third kappa shape index (κ3) is 5.76. The zero-order valence-corrected chi connectivity index (χ0v) is 31.0. The summed E-state index contributed by atoms with van der Waals surface area (Å²) >= 11 is 0. The van der Waals surface area contributed by atoms with Gasteiger partial charge in [0.2, 0.25) is 0 Å². The minimum absolute atomic E-state index is 0.888. The van der Waals surface area contributed by atoms with Crippen LogP contribution in [0.2, 0.25) is 0 Å². The van der Waals surface area contributed by atoms with Crippen molar-refractivity contribution in [3.8, 4) is 44.5 Å². The molecule has 0 unspecified atom stereocenters. The first-order chi connectivity index (χ1) is 28.2. The maximum atomic E-state index is 6.48. The van der Waals surface area contributed by atoms with Crippen molar-refractivity contribution in [1.82, 2.24) is 0 Å². The Balaban J connectivity index is 0.986. The molecule has 268 valence electrons. The fourth-order valence-electron chi connectivity index (χ4n) is 8.29. The highest BCUT2D eigenvalue weighted by molar-refractivity contribution is 6.11. The molecule has 0 aliphatic carbocycles. The molecule has 3 heteroatoms. The van der Waals surface area contributed by atoms with Crippen LogP contribution in [0.1, 0.15) is 0 Å². The zero-order valence-electron chi connectivity index (χ0n) is 31.0. The maximum absolute atomic E-state index is 6.48. The molecule has 0 saturated carbocycles. The molecule has 0 amide bonds. The Labute approximate surface area is 330 Å². The minimum atomic E-state index is 0.888. The highest BCUT2D eigenvalue weighted by Crippen LogP contribution is 2.43. The average Bonchev–Trinajstić information content (AvgIpc) is 3.86. The average molecular weight is 730 g/mol. The summed E-state index contributed by atoms with van der Waals surface area (Å²) in [5, 5.41) is 4.49. The Morgan fingerprint density at radius 3 is 1.42 bits per heavy atom. The van der Waals surface area contributed by atoms with Gasteiger partial charge in [0.05, 0.1) is 5.69 Å². The van der Waals surface area contributed by atoms with Gasteiger partial charge in [-0.25, -0.2) is 0 Å².